The highest BCUT2D eigenvalue weighted by Crippen LogP contribution is 2.31. The summed E-state index contributed by atoms with van der Waals surface area (Å²) in [5, 5.41) is 1.13. The van der Waals surface area contributed by atoms with Crippen LogP contribution in [0.3, 0.4) is 0 Å². The van der Waals surface area contributed by atoms with E-state index < -0.39 is 0 Å². The van der Waals surface area contributed by atoms with E-state index in [1.165, 1.54) is 0 Å². The number of hydrogen-bond acceptors (Lipinski definition) is 2. The van der Waals surface area contributed by atoms with E-state index in [2.05, 4.69) is 0 Å². The highest BCUT2D eigenvalue weighted by Gasteiger charge is 2.23. The van der Waals surface area contributed by atoms with Crippen molar-refractivity contribution >= 4 is 29.2 Å². The molecule has 0 amide bonds. The van der Waals surface area contributed by atoms with Crippen LogP contribution in [0.2, 0.25) is 10.0 Å². The van der Waals surface area contributed by atoms with Gasteiger partial charge in [-0.1, -0.05) is 36.5 Å². The second kappa shape index (κ2) is 6.87. The van der Waals surface area contributed by atoms with Crippen LogP contribution in [0.25, 0.3) is 0 Å². The molecular formula is C13H16Cl2O2. The Morgan fingerprint density at radius 2 is 2.06 bits per heavy atom. The summed E-state index contributed by atoms with van der Waals surface area (Å²) in [5.74, 6) is -0.565. The molecule has 94 valence electrons. The molecule has 0 aromatic heterocycles. The SMILES string of the molecule is CCCC(C(=O)OCC)c1cc(Cl)ccc1Cl. The molecule has 17 heavy (non-hydrogen) atoms. The van der Waals surface area contributed by atoms with Gasteiger partial charge in [-0.15, -0.1) is 0 Å². The molecule has 0 aliphatic heterocycles. The Labute approximate surface area is 112 Å². The molecule has 0 aliphatic carbocycles. The molecule has 2 nitrogen and oxygen atoms in total. The van der Waals surface area contributed by atoms with Gasteiger partial charge in [-0.3, -0.25) is 4.79 Å². The zero-order valence-corrected chi connectivity index (χ0v) is 11.5. The molecule has 1 aromatic carbocycles. The van der Waals surface area contributed by atoms with Crippen molar-refractivity contribution in [3.05, 3.63) is 33.8 Å². The smallest absolute Gasteiger partial charge is 0.313 e. The summed E-state index contributed by atoms with van der Waals surface area (Å²) < 4.78 is 5.07. The lowest BCUT2D eigenvalue weighted by Crippen LogP contribution is -2.16. The average Bonchev–Trinajstić information content (AvgIpc) is 2.30. The first-order valence-electron chi connectivity index (χ1n) is 5.71. The van der Waals surface area contributed by atoms with E-state index in [0.717, 1.165) is 12.0 Å². The second-order valence-electron chi connectivity index (χ2n) is 3.76. The number of rotatable bonds is 5. The molecule has 0 fully saturated rings. The lowest BCUT2D eigenvalue weighted by Gasteiger charge is -2.16. The molecule has 1 aromatic rings. The Morgan fingerprint density at radius 3 is 2.65 bits per heavy atom. The zero-order chi connectivity index (χ0) is 12.8. The fraction of sp³-hybridized carbons (Fsp3) is 0.462. The van der Waals surface area contributed by atoms with Gasteiger partial charge in [-0.25, -0.2) is 0 Å². The Kier molecular flexibility index (Phi) is 5.79. The van der Waals surface area contributed by atoms with E-state index in [1.807, 2.05) is 6.92 Å². The molecule has 0 saturated heterocycles. The van der Waals surface area contributed by atoms with Gasteiger partial charge in [0.05, 0.1) is 12.5 Å². The Bertz CT molecular complexity index is 391. The minimum Gasteiger partial charge on any atom is -0.466 e. The van der Waals surface area contributed by atoms with E-state index in [9.17, 15) is 4.79 Å². The van der Waals surface area contributed by atoms with Crippen molar-refractivity contribution in [2.75, 3.05) is 6.61 Å². The first-order chi connectivity index (χ1) is 8.10. The van der Waals surface area contributed by atoms with Crippen molar-refractivity contribution in [3.8, 4) is 0 Å². The van der Waals surface area contributed by atoms with Crippen molar-refractivity contribution in [3.63, 3.8) is 0 Å². The molecule has 0 spiro atoms. The monoisotopic (exact) mass is 274 g/mol. The first kappa shape index (κ1) is 14.3. The number of hydrogen-bond donors (Lipinski definition) is 0. The number of benzene rings is 1. The van der Waals surface area contributed by atoms with Crippen molar-refractivity contribution in [2.45, 2.75) is 32.6 Å². The quantitative estimate of drug-likeness (QED) is 0.742. The normalized spacial score (nSPS) is 12.2. The zero-order valence-electron chi connectivity index (χ0n) is 10.0. The summed E-state index contributed by atoms with van der Waals surface area (Å²) >= 11 is 12.0. The van der Waals surface area contributed by atoms with Gasteiger partial charge in [0.1, 0.15) is 0 Å². The van der Waals surface area contributed by atoms with E-state index in [-0.39, 0.29) is 11.9 Å². The summed E-state index contributed by atoms with van der Waals surface area (Å²) in [4.78, 5) is 11.9. The molecular weight excluding hydrogens is 259 g/mol. The van der Waals surface area contributed by atoms with Gasteiger partial charge in [-0.2, -0.15) is 0 Å². The molecule has 0 bridgehead atoms. The molecule has 1 rings (SSSR count). The maximum absolute atomic E-state index is 11.9. The van der Waals surface area contributed by atoms with E-state index >= 15 is 0 Å². The molecule has 0 N–H and O–H groups in total. The fourth-order valence-corrected chi connectivity index (χ4v) is 2.14. The number of carbonyl (C=O) groups excluding carboxylic acids is 1. The van der Waals surface area contributed by atoms with E-state index in [0.29, 0.717) is 23.1 Å². The van der Waals surface area contributed by atoms with E-state index in [1.54, 1.807) is 25.1 Å². The average molecular weight is 275 g/mol. The van der Waals surface area contributed by atoms with Gasteiger partial charge in [0.2, 0.25) is 0 Å². The van der Waals surface area contributed by atoms with Crippen molar-refractivity contribution < 1.29 is 9.53 Å². The lowest BCUT2D eigenvalue weighted by atomic mass is 9.94. The van der Waals surface area contributed by atoms with Crippen LogP contribution < -0.4 is 0 Å². The molecule has 0 saturated carbocycles. The summed E-state index contributed by atoms with van der Waals surface area (Å²) in [6.07, 6.45) is 1.59. The van der Waals surface area contributed by atoms with Gasteiger partial charge >= 0.3 is 5.97 Å². The van der Waals surface area contributed by atoms with Gasteiger partial charge in [-0.05, 0) is 37.1 Å². The van der Waals surface area contributed by atoms with Crippen molar-refractivity contribution in [1.29, 1.82) is 0 Å². The number of ether oxygens (including phenoxy) is 1. The predicted molar refractivity (Wildman–Crippen MR) is 70.7 cm³/mol. The molecule has 0 heterocycles. The van der Waals surface area contributed by atoms with Gasteiger partial charge in [0.25, 0.3) is 0 Å². The van der Waals surface area contributed by atoms with Crippen LogP contribution in [0.5, 0.6) is 0 Å². The Morgan fingerprint density at radius 1 is 1.35 bits per heavy atom. The molecule has 0 radical (unpaired) electrons. The van der Waals surface area contributed by atoms with Crippen LogP contribution in [-0.4, -0.2) is 12.6 Å². The first-order valence-corrected chi connectivity index (χ1v) is 6.47. The van der Waals surface area contributed by atoms with Gasteiger partial charge < -0.3 is 4.74 Å². The second-order valence-corrected chi connectivity index (χ2v) is 4.60. The third kappa shape index (κ3) is 3.90. The van der Waals surface area contributed by atoms with Crippen molar-refractivity contribution in [1.82, 2.24) is 0 Å². The predicted octanol–water partition coefficient (Wildman–Crippen LogP) is 4.44. The Balaban J connectivity index is 3.04. The standard InChI is InChI=1S/C13H16Cl2O2/c1-3-5-10(13(16)17-4-2)11-8-9(14)6-7-12(11)15/h6-8,10H,3-5H2,1-2H3. The highest BCUT2D eigenvalue weighted by molar-refractivity contribution is 6.33. The third-order valence-electron chi connectivity index (χ3n) is 2.48. The minimum atomic E-state index is -0.328. The van der Waals surface area contributed by atoms with Gasteiger partial charge in [0.15, 0.2) is 0 Å². The minimum absolute atomic E-state index is 0.237. The molecule has 1 atom stereocenters. The molecule has 1 unspecified atom stereocenters. The highest BCUT2D eigenvalue weighted by atomic mass is 35.5. The maximum atomic E-state index is 11.9. The fourth-order valence-electron chi connectivity index (χ4n) is 1.71. The van der Waals surface area contributed by atoms with E-state index in [4.69, 9.17) is 27.9 Å². The van der Waals surface area contributed by atoms with Crippen LogP contribution in [0.4, 0.5) is 0 Å². The number of halogens is 2. The van der Waals surface area contributed by atoms with Crippen LogP contribution in [-0.2, 0) is 9.53 Å². The van der Waals surface area contributed by atoms with Crippen LogP contribution in [0, 0.1) is 0 Å². The summed E-state index contributed by atoms with van der Waals surface area (Å²) in [7, 11) is 0. The van der Waals surface area contributed by atoms with Crippen LogP contribution in [0.15, 0.2) is 18.2 Å². The number of carbonyl (C=O) groups is 1. The van der Waals surface area contributed by atoms with Crippen LogP contribution >= 0.6 is 23.2 Å². The third-order valence-corrected chi connectivity index (χ3v) is 3.06. The summed E-state index contributed by atoms with van der Waals surface area (Å²) in [6.45, 7) is 4.18. The molecule has 0 aliphatic rings. The summed E-state index contributed by atoms with van der Waals surface area (Å²) in [6, 6.07) is 5.16. The number of esters is 1. The maximum Gasteiger partial charge on any atom is 0.313 e. The Hall–Kier alpha value is -0.730. The molecule has 4 heteroatoms. The summed E-state index contributed by atoms with van der Waals surface area (Å²) in [5.41, 5.74) is 0.750. The lowest BCUT2D eigenvalue weighted by molar-refractivity contribution is -0.145. The topological polar surface area (TPSA) is 26.3 Å². The largest absolute Gasteiger partial charge is 0.466 e. The van der Waals surface area contributed by atoms with Gasteiger partial charge in [0, 0.05) is 10.0 Å². The van der Waals surface area contributed by atoms with Crippen LogP contribution in [0.1, 0.15) is 38.2 Å². The van der Waals surface area contributed by atoms with Crippen molar-refractivity contribution in [2.24, 2.45) is 0 Å².